The second-order valence-corrected chi connectivity index (χ2v) is 44.1. The van der Waals surface area contributed by atoms with Crippen molar-refractivity contribution in [1.82, 2.24) is 29.4 Å². The van der Waals surface area contributed by atoms with E-state index in [0.29, 0.717) is 165 Å². The summed E-state index contributed by atoms with van der Waals surface area (Å²) in [5.74, 6) is -3.44. The zero-order valence-electron chi connectivity index (χ0n) is 80.8. The van der Waals surface area contributed by atoms with E-state index in [-0.39, 0.29) is 190 Å². The number of hydrogen-bond acceptors (Lipinski definition) is 18. The van der Waals surface area contributed by atoms with Crippen LogP contribution in [0.4, 0.5) is 13.2 Å². The molecule has 18 rings (SSSR count). The van der Waals surface area contributed by atoms with Crippen molar-refractivity contribution in [3.8, 4) is 0 Å². The second-order valence-electron chi connectivity index (χ2n) is 44.1. The van der Waals surface area contributed by atoms with Crippen molar-refractivity contribution in [3.05, 3.63) is 209 Å². The monoisotopic (exact) mass is 1860 g/mol. The van der Waals surface area contributed by atoms with Gasteiger partial charge in [0.2, 0.25) is 0 Å². The second kappa shape index (κ2) is 39.2. The third kappa shape index (κ3) is 21.8. The third-order valence-electron chi connectivity index (χ3n) is 27.8. The van der Waals surface area contributed by atoms with Gasteiger partial charge in [-0.05, 0) is 192 Å². The van der Waals surface area contributed by atoms with Gasteiger partial charge in [0, 0.05) is 111 Å². The van der Waals surface area contributed by atoms with Crippen molar-refractivity contribution < 1.29 is 99.5 Å². The Balaban J connectivity index is 0.000000146. The lowest BCUT2D eigenvalue weighted by atomic mass is 9.83. The maximum absolute atomic E-state index is 14.3. The van der Waals surface area contributed by atoms with Crippen LogP contribution in [0.15, 0.2) is 91.0 Å². The number of rotatable bonds is 6. The summed E-state index contributed by atoms with van der Waals surface area (Å²) in [5.41, 5.74) is 12.3. The fraction of sp³-hybridized carbons (Fsp3) is 0.505. The summed E-state index contributed by atoms with van der Waals surface area (Å²) in [7, 11) is 0. The lowest BCUT2D eigenvalue weighted by Crippen LogP contribution is -2.44. The summed E-state index contributed by atoms with van der Waals surface area (Å²) in [4.78, 5) is 226. The van der Waals surface area contributed by atoms with Gasteiger partial charge in [0.15, 0.2) is 34.7 Å². The Labute approximate surface area is 793 Å². The molecule has 6 fully saturated rings. The van der Waals surface area contributed by atoms with E-state index in [9.17, 15) is 99.5 Å². The van der Waals surface area contributed by atoms with Crippen molar-refractivity contribution in [2.75, 3.05) is 0 Å². The first-order chi connectivity index (χ1) is 62.9. The molecule has 27 heteroatoms. The van der Waals surface area contributed by atoms with E-state index in [1.54, 1.807) is 32.9 Å². The molecule has 0 radical (unpaired) electrons. The lowest BCUT2D eigenvalue weighted by Gasteiger charge is -2.29. The van der Waals surface area contributed by atoms with Crippen LogP contribution in [0, 0.1) is 17.5 Å². The number of halogens is 3. The molecule has 6 atom stereocenters. The fourth-order valence-electron chi connectivity index (χ4n) is 20.1. The smallest absolute Gasteiger partial charge is 0.255 e. The molecular formula is C109H127F3N6O18. The molecule has 6 heterocycles. The van der Waals surface area contributed by atoms with Crippen LogP contribution in [-0.4, -0.2) is 170 Å². The third-order valence-corrected chi connectivity index (χ3v) is 27.8. The highest BCUT2D eigenvalue weighted by molar-refractivity contribution is 6.13. The average molecular weight is 1870 g/mol. The van der Waals surface area contributed by atoms with Crippen LogP contribution in [0.5, 0.6) is 0 Å². The Morgan fingerprint density at radius 1 is 0.235 bits per heavy atom. The van der Waals surface area contributed by atoms with Gasteiger partial charge in [-0.25, -0.2) is 13.2 Å². The molecule has 0 spiro atoms. The van der Waals surface area contributed by atoms with Gasteiger partial charge in [-0.2, -0.15) is 0 Å². The highest BCUT2D eigenvalue weighted by atomic mass is 19.1. The minimum Gasteiger partial charge on any atom is -0.324 e. The molecule has 0 bridgehead atoms. The quantitative estimate of drug-likeness (QED) is 0.140. The summed E-state index contributed by atoms with van der Waals surface area (Å²) >= 11 is 0. The number of carbonyl (C=O) groups excluding carboxylic acids is 18. The molecule has 6 aromatic carbocycles. The van der Waals surface area contributed by atoms with Gasteiger partial charge in [0.25, 0.3) is 35.4 Å². The van der Waals surface area contributed by atoms with E-state index in [1.807, 2.05) is 98.7 Å². The maximum Gasteiger partial charge on any atom is 0.255 e. The van der Waals surface area contributed by atoms with E-state index >= 15 is 0 Å². The Hall–Kier alpha value is -12.0. The number of Topliss-reactive ketones (excluding diaryl/α,β-unsaturated/α-hetero) is 12. The van der Waals surface area contributed by atoms with Crippen LogP contribution < -0.4 is 0 Å². The summed E-state index contributed by atoms with van der Waals surface area (Å²) in [6.07, 6.45) is 4.21. The molecule has 4 unspecified atom stereocenters. The molecule has 24 nitrogen and oxygen atoms in total. The van der Waals surface area contributed by atoms with E-state index in [1.165, 1.54) is 38.5 Å². The first kappa shape index (κ1) is 103. The van der Waals surface area contributed by atoms with E-state index in [2.05, 4.69) is 80.5 Å². The highest BCUT2D eigenvalue weighted by Crippen LogP contribution is 2.43. The molecule has 6 aromatic rings. The predicted octanol–water partition coefficient (Wildman–Crippen LogP) is 16.8. The minimum absolute atomic E-state index is 0. The molecule has 0 aromatic heterocycles. The number of hydrogen-bond donors (Lipinski definition) is 0. The van der Waals surface area contributed by atoms with Crippen molar-refractivity contribution in [1.29, 1.82) is 0 Å². The predicted molar refractivity (Wildman–Crippen MR) is 503 cm³/mol. The van der Waals surface area contributed by atoms with Crippen LogP contribution in [0.2, 0.25) is 0 Å². The van der Waals surface area contributed by atoms with Crippen molar-refractivity contribution in [2.45, 2.75) is 356 Å². The van der Waals surface area contributed by atoms with Gasteiger partial charge in [-0.15, -0.1) is 0 Å². The maximum atomic E-state index is 14.3. The van der Waals surface area contributed by atoms with E-state index < -0.39 is 53.3 Å². The van der Waals surface area contributed by atoms with Crippen LogP contribution in [0.3, 0.4) is 0 Å². The molecule has 6 amide bonds. The molecule has 6 aliphatic carbocycles. The zero-order valence-corrected chi connectivity index (χ0v) is 80.8. The van der Waals surface area contributed by atoms with Crippen molar-refractivity contribution >= 4 is 105 Å². The Kier molecular flexibility index (Phi) is 29.7. The molecule has 722 valence electrons. The summed E-state index contributed by atoms with van der Waals surface area (Å²) in [6.45, 7) is 38.6. The van der Waals surface area contributed by atoms with Gasteiger partial charge in [0.1, 0.15) is 52.2 Å². The fourth-order valence-corrected chi connectivity index (χ4v) is 20.1. The molecule has 12 aliphatic rings. The van der Waals surface area contributed by atoms with Gasteiger partial charge in [0.05, 0.1) is 74.8 Å². The number of amides is 6. The van der Waals surface area contributed by atoms with Crippen molar-refractivity contribution in [3.63, 3.8) is 0 Å². The minimum atomic E-state index is -0.561. The molecule has 0 N–H and O–H groups in total. The summed E-state index contributed by atoms with van der Waals surface area (Å²) in [5, 5.41) is 0. The van der Waals surface area contributed by atoms with Gasteiger partial charge >= 0.3 is 0 Å². The van der Waals surface area contributed by atoms with Gasteiger partial charge in [-0.3, -0.25) is 86.3 Å². The van der Waals surface area contributed by atoms with Crippen molar-refractivity contribution in [2.24, 2.45) is 0 Å². The number of ketones is 12. The van der Waals surface area contributed by atoms with Crippen LogP contribution >= 0.6 is 0 Å². The average Bonchev–Trinajstić information content (AvgIpc) is 1.65. The number of carbonyl (C=O) groups is 18. The van der Waals surface area contributed by atoms with Crippen LogP contribution in [0.25, 0.3) is 0 Å². The Bertz CT molecular complexity index is 5820. The van der Waals surface area contributed by atoms with Gasteiger partial charge < -0.3 is 29.4 Å². The van der Waals surface area contributed by atoms with E-state index in [0.717, 1.165) is 38.9 Å². The van der Waals surface area contributed by atoms with Gasteiger partial charge in [-0.1, -0.05) is 168 Å². The topological polar surface area (TPSA) is 327 Å². The largest absolute Gasteiger partial charge is 0.324 e. The number of fused-ring (bicyclic) bond motifs is 6. The summed E-state index contributed by atoms with van der Waals surface area (Å²) in [6, 6.07) is 23.8. The lowest BCUT2D eigenvalue weighted by molar-refractivity contribution is -0.134. The molecular weight excluding hydrogens is 1740 g/mol. The van der Waals surface area contributed by atoms with E-state index in [4.69, 9.17) is 0 Å². The first-order valence-electron chi connectivity index (χ1n) is 46.9. The molecule has 136 heavy (non-hydrogen) atoms. The standard InChI is InChI=1S/3C18H20FNO3.3C18H21NO3.CH4/c1-18(2,3)13-8-12-10(6-14(13)19)9-20(17(12)23)15-5-4-11(21)7-16(15)22;2*1-18(2,3)13-6-10-9-20(17(23)12(10)8-14(13)19)15-5-4-11(21)7-16(15)22;1-18(2,3)12-4-6-14-11(8-12)10-19(17(14)22)15-7-5-13(20)9-16(15)21;1-18(2,3)12-5-4-11-10-19(17(22)14(11)8-12)15-7-6-13(20)9-16(15)21;1-18(2,3)14-6-4-5-12-13(14)10-19(17(12)22)15-8-7-11(20)9-16(15)21;/h3*6,8,15H,4-5,7,9H2,1-3H3;4,6,8,15H,5,7,9-10H2,1-3H3;4-5,8,15H,6-7,9-10H2,1-3H3;4-6,15H,7-10H2,1-3H3;1H4/t;15-;;15-;;;/m.0.0.../s1. The first-order valence-corrected chi connectivity index (χ1v) is 46.9. The molecule has 6 aliphatic heterocycles. The SMILES string of the molecule is C.CC(C)(C)c1cc2c(cc1F)C(=O)N(C1CCC(=O)CC1=O)C2.CC(C)(C)c1cc2c(cc1F)C(=O)N([C@H]1CCC(=O)CC1=O)C2.CC(C)(C)c1cc2c(cc1F)CN(C1CCC(=O)CC1=O)C2=O.CC(C)(C)c1ccc2c(c1)C(=O)N(C1CCC(=O)CC1=O)C2.CC(C)(C)c1ccc2c(c1)CN([C@H]1CCC(=O)CC1=O)C2=O.CC(C)(C)c1cccc2c1CN(C1CCC(=O)CC1=O)C2=O. The summed E-state index contributed by atoms with van der Waals surface area (Å²) < 4.78 is 43.0. The van der Waals surface area contributed by atoms with Crippen LogP contribution in [-0.2, 0) is 129 Å². The highest BCUT2D eigenvalue weighted by Gasteiger charge is 2.48. The Morgan fingerprint density at radius 2 is 0.485 bits per heavy atom. The number of benzene rings is 6. The van der Waals surface area contributed by atoms with Crippen LogP contribution in [0.1, 0.15) is 377 Å². The molecule has 6 saturated carbocycles. The zero-order chi connectivity index (χ0) is 99.0. The normalized spacial score (nSPS) is 21.9. The Morgan fingerprint density at radius 3 is 0.801 bits per heavy atom. The number of nitrogens with zero attached hydrogens (tertiary/aromatic N) is 6. The molecule has 0 saturated heterocycles.